The minimum atomic E-state index is -0.954. The molecule has 0 atom stereocenters. The Balaban J connectivity index is 2.13. The number of carboxylic acids is 1. The van der Waals surface area contributed by atoms with E-state index in [-0.39, 0.29) is 17.8 Å². The Hall–Kier alpha value is -1.42. The standard InChI is InChI=1S/C15H19FO3/c16-13-6-4-12(5-7-13)15(8-2-1-3-9-15)11-19-10-14(17)18/h4-7H,1-3,8-11H2,(H,17,18). The Bertz CT molecular complexity index is 422. The van der Waals surface area contributed by atoms with Crippen molar-refractivity contribution in [3.05, 3.63) is 35.6 Å². The van der Waals surface area contributed by atoms with Crippen LogP contribution in [-0.2, 0) is 14.9 Å². The summed E-state index contributed by atoms with van der Waals surface area (Å²) >= 11 is 0. The molecule has 104 valence electrons. The summed E-state index contributed by atoms with van der Waals surface area (Å²) in [7, 11) is 0. The fourth-order valence-electron chi connectivity index (χ4n) is 2.88. The molecule has 0 bridgehead atoms. The molecule has 3 nitrogen and oxygen atoms in total. The summed E-state index contributed by atoms with van der Waals surface area (Å²) < 4.78 is 18.4. The van der Waals surface area contributed by atoms with E-state index in [1.165, 1.54) is 18.6 Å². The predicted octanol–water partition coefficient (Wildman–Crippen LogP) is 3.13. The third-order valence-corrected chi connectivity index (χ3v) is 3.87. The van der Waals surface area contributed by atoms with Crippen molar-refractivity contribution in [1.29, 1.82) is 0 Å². The summed E-state index contributed by atoms with van der Waals surface area (Å²) in [5.41, 5.74) is 0.903. The van der Waals surface area contributed by atoms with E-state index in [4.69, 9.17) is 9.84 Å². The van der Waals surface area contributed by atoms with Crippen LogP contribution in [0, 0.1) is 5.82 Å². The second-order valence-electron chi connectivity index (χ2n) is 5.23. The van der Waals surface area contributed by atoms with E-state index in [0.29, 0.717) is 6.61 Å². The number of carbonyl (C=O) groups is 1. The highest BCUT2D eigenvalue weighted by Crippen LogP contribution is 2.39. The van der Waals surface area contributed by atoms with Gasteiger partial charge in [0.05, 0.1) is 6.61 Å². The second-order valence-corrected chi connectivity index (χ2v) is 5.23. The van der Waals surface area contributed by atoms with Gasteiger partial charge in [-0.2, -0.15) is 0 Å². The largest absolute Gasteiger partial charge is 0.480 e. The van der Waals surface area contributed by atoms with Gasteiger partial charge in [-0.05, 0) is 30.5 Å². The van der Waals surface area contributed by atoms with Crippen molar-refractivity contribution < 1.29 is 19.0 Å². The minimum absolute atomic E-state index is 0.151. The summed E-state index contributed by atoms with van der Waals surface area (Å²) in [4.78, 5) is 10.6. The van der Waals surface area contributed by atoms with E-state index in [0.717, 1.165) is 31.2 Å². The monoisotopic (exact) mass is 266 g/mol. The topological polar surface area (TPSA) is 46.5 Å². The molecule has 0 saturated heterocycles. The van der Waals surface area contributed by atoms with Crippen LogP contribution in [0.4, 0.5) is 4.39 Å². The third-order valence-electron chi connectivity index (χ3n) is 3.87. The Morgan fingerprint density at radius 1 is 1.21 bits per heavy atom. The van der Waals surface area contributed by atoms with E-state index in [1.54, 1.807) is 12.1 Å². The normalized spacial score (nSPS) is 18.2. The molecule has 0 heterocycles. The molecule has 2 rings (SSSR count). The van der Waals surface area contributed by atoms with Gasteiger partial charge in [0.2, 0.25) is 0 Å². The van der Waals surface area contributed by atoms with Crippen LogP contribution in [-0.4, -0.2) is 24.3 Å². The molecule has 1 aromatic rings. The fraction of sp³-hybridized carbons (Fsp3) is 0.533. The summed E-state index contributed by atoms with van der Waals surface area (Å²) in [6, 6.07) is 6.52. The molecule has 1 aliphatic rings. The highest BCUT2D eigenvalue weighted by atomic mass is 19.1. The molecule has 1 aliphatic carbocycles. The Labute approximate surface area is 112 Å². The number of benzene rings is 1. The van der Waals surface area contributed by atoms with Gasteiger partial charge in [0, 0.05) is 5.41 Å². The lowest BCUT2D eigenvalue weighted by molar-refractivity contribution is -0.143. The van der Waals surface area contributed by atoms with Gasteiger partial charge in [0.1, 0.15) is 12.4 Å². The van der Waals surface area contributed by atoms with Crippen molar-refractivity contribution in [2.45, 2.75) is 37.5 Å². The summed E-state index contributed by atoms with van der Waals surface area (Å²) in [6.45, 7) is 0.119. The van der Waals surface area contributed by atoms with Crippen LogP contribution in [0.1, 0.15) is 37.7 Å². The fourth-order valence-corrected chi connectivity index (χ4v) is 2.88. The summed E-state index contributed by atoms with van der Waals surface area (Å²) in [6.07, 6.45) is 5.35. The first-order chi connectivity index (χ1) is 9.12. The zero-order valence-corrected chi connectivity index (χ0v) is 10.9. The van der Waals surface area contributed by atoms with Gasteiger partial charge < -0.3 is 9.84 Å². The smallest absolute Gasteiger partial charge is 0.329 e. The van der Waals surface area contributed by atoms with Crippen molar-refractivity contribution >= 4 is 5.97 Å². The molecule has 1 fully saturated rings. The van der Waals surface area contributed by atoms with Crippen molar-refractivity contribution in [3.63, 3.8) is 0 Å². The summed E-state index contributed by atoms with van der Waals surface area (Å²) in [5, 5.41) is 8.66. The third kappa shape index (κ3) is 3.53. The van der Waals surface area contributed by atoms with Gasteiger partial charge in [-0.3, -0.25) is 0 Å². The molecule has 0 amide bonds. The zero-order chi connectivity index (χ0) is 13.7. The lowest BCUT2D eigenvalue weighted by Crippen LogP contribution is -2.35. The first-order valence-electron chi connectivity index (χ1n) is 6.68. The van der Waals surface area contributed by atoms with Crippen molar-refractivity contribution in [2.75, 3.05) is 13.2 Å². The summed E-state index contributed by atoms with van der Waals surface area (Å²) in [5.74, 6) is -1.20. The maximum atomic E-state index is 13.0. The van der Waals surface area contributed by atoms with Crippen LogP contribution in [0.25, 0.3) is 0 Å². The van der Waals surface area contributed by atoms with E-state index in [2.05, 4.69) is 0 Å². The van der Waals surface area contributed by atoms with E-state index < -0.39 is 5.97 Å². The predicted molar refractivity (Wildman–Crippen MR) is 69.6 cm³/mol. The van der Waals surface area contributed by atoms with E-state index >= 15 is 0 Å². The van der Waals surface area contributed by atoms with Crippen molar-refractivity contribution in [1.82, 2.24) is 0 Å². The van der Waals surface area contributed by atoms with Gasteiger partial charge in [-0.25, -0.2) is 9.18 Å². The van der Waals surface area contributed by atoms with Crippen LogP contribution in [0.2, 0.25) is 0 Å². The Kier molecular flexibility index (Phi) is 4.53. The van der Waals surface area contributed by atoms with Crippen molar-refractivity contribution in [2.24, 2.45) is 0 Å². The van der Waals surface area contributed by atoms with Crippen LogP contribution >= 0.6 is 0 Å². The van der Waals surface area contributed by atoms with Gasteiger partial charge in [-0.15, -0.1) is 0 Å². The lowest BCUT2D eigenvalue weighted by atomic mass is 9.70. The van der Waals surface area contributed by atoms with Gasteiger partial charge in [-0.1, -0.05) is 31.4 Å². The van der Waals surface area contributed by atoms with Crippen molar-refractivity contribution in [3.8, 4) is 0 Å². The molecular formula is C15H19FO3. The number of carboxylic acid groups (broad SMARTS) is 1. The number of ether oxygens (including phenoxy) is 1. The molecule has 0 unspecified atom stereocenters. The maximum absolute atomic E-state index is 13.0. The number of hydrogen-bond donors (Lipinski definition) is 1. The highest BCUT2D eigenvalue weighted by molar-refractivity contribution is 5.68. The minimum Gasteiger partial charge on any atom is -0.480 e. The first-order valence-corrected chi connectivity index (χ1v) is 6.68. The van der Waals surface area contributed by atoms with Gasteiger partial charge >= 0.3 is 5.97 Å². The molecule has 1 aromatic carbocycles. The maximum Gasteiger partial charge on any atom is 0.329 e. The molecule has 1 saturated carbocycles. The van der Waals surface area contributed by atoms with Gasteiger partial charge in [0.15, 0.2) is 0 Å². The molecule has 0 aromatic heterocycles. The molecule has 4 heteroatoms. The van der Waals surface area contributed by atoms with E-state index in [9.17, 15) is 9.18 Å². The average molecular weight is 266 g/mol. The molecule has 0 radical (unpaired) electrons. The van der Waals surface area contributed by atoms with Crippen LogP contribution < -0.4 is 0 Å². The van der Waals surface area contributed by atoms with Gasteiger partial charge in [0.25, 0.3) is 0 Å². The first kappa shape index (κ1) is 14.0. The van der Waals surface area contributed by atoms with Crippen LogP contribution in [0.5, 0.6) is 0 Å². The molecule has 0 spiro atoms. The second kappa shape index (κ2) is 6.15. The lowest BCUT2D eigenvalue weighted by Gasteiger charge is -2.37. The average Bonchev–Trinajstić information content (AvgIpc) is 2.40. The number of aliphatic carboxylic acids is 1. The number of halogens is 1. The molecule has 1 N–H and O–H groups in total. The number of rotatable bonds is 5. The number of hydrogen-bond acceptors (Lipinski definition) is 2. The SMILES string of the molecule is O=C(O)COCC1(c2ccc(F)cc2)CCCCC1. The molecule has 19 heavy (non-hydrogen) atoms. The Morgan fingerprint density at radius 3 is 2.42 bits per heavy atom. The van der Waals surface area contributed by atoms with Crippen LogP contribution in [0.3, 0.4) is 0 Å². The quantitative estimate of drug-likeness (QED) is 0.890. The Morgan fingerprint density at radius 2 is 1.84 bits per heavy atom. The molecular weight excluding hydrogens is 247 g/mol. The molecule has 0 aliphatic heterocycles. The zero-order valence-electron chi connectivity index (χ0n) is 10.9. The van der Waals surface area contributed by atoms with E-state index in [1.807, 2.05) is 0 Å². The van der Waals surface area contributed by atoms with Crippen LogP contribution in [0.15, 0.2) is 24.3 Å². The highest BCUT2D eigenvalue weighted by Gasteiger charge is 2.34.